The van der Waals surface area contributed by atoms with Crippen molar-refractivity contribution in [3.05, 3.63) is 64.7 Å². The lowest BCUT2D eigenvalue weighted by atomic mass is 9.73. The summed E-state index contributed by atoms with van der Waals surface area (Å²) in [5.41, 5.74) is 2.28. The van der Waals surface area contributed by atoms with Crippen molar-refractivity contribution in [3.63, 3.8) is 0 Å². The molecule has 0 bridgehead atoms. The van der Waals surface area contributed by atoms with Gasteiger partial charge in [0, 0.05) is 36.8 Å². The van der Waals surface area contributed by atoms with Crippen molar-refractivity contribution in [3.8, 4) is 0 Å². The lowest BCUT2D eigenvalue weighted by molar-refractivity contribution is -0.127. The van der Waals surface area contributed by atoms with Crippen LogP contribution >= 0.6 is 11.6 Å². The Morgan fingerprint density at radius 3 is 2.41 bits per heavy atom. The molecule has 3 aliphatic rings. The molecule has 2 aromatic rings. The zero-order valence-electron chi connectivity index (χ0n) is 18.3. The highest BCUT2D eigenvalue weighted by atomic mass is 35.5. The van der Waals surface area contributed by atoms with Crippen LogP contribution in [0.5, 0.6) is 0 Å². The number of morpholine rings is 1. The van der Waals surface area contributed by atoms with Gasteiger partial charge in [-0.3, -0.25) is 19.5 Å². The van der Waals surface area contributed by atoms with Crippen molar-refractivity contribution in [1.29, 1.82) is 0 Å². The molecule has 6 nitrogen and oxygen atoms in total. The number of piperidine rings is 1. The van der Waals surface area contributed by atoms with E-state index < -0.39 is 11.6 Å². The summed E-state index contributed by atoms with van der Waals surface area (Å²) in [6, 6.07) is 16.1. The van der Waals surface area contributed by atoms with Gasteiger partial charge in [0.25, 0.3) is 0 Å². The van der Waals surface area contributed by atoms with Crippen molar-refractivity contribution in [2.24, 2.45) is 0 Å². The third-order valence-electron chi connectivity index (χ3n) is 7.14. The van der Waals surface area contributed by atoms with Crippen LogP contribution in [-0.4, -0.2) is 73.0 Å². The van der Waals surface area contributed by atoms with Crippen molar-refractivity contribution >= 4 is 23.2 Å². The number of anilines is 1. The fourth-order valence-electron chi connectivity index (χ4n) is 5.42. The number of carbonyl (C=O) groups is 1. The van der Waals surface area contributed by atoms with Gasteiger partial charge in [0.05, 0.1) is 24.3 Å². The molecule has 3 heterocycles. The first-order valence-corrected chi connectivity index (χ1v) is 11.8. The van der Waals surface area contributed by atoms with E-state index in [4.69, 9.17) is 16.3 Å². The molecule has 1 N–H and O–H groups in total. The Hall–Kier alpha value is -1.96. The zero-order valence-corrected chi connectivity index (χ0v) is 19.0. The monoisotopic (exact) mass is 455 g/mol. The van der Waals surface area contributed by atoms with E-state index in [9.17, 15) is 9.90 Å². The molecule has 1 atom stereocenters. The van der Waals surface area contributed by atoms with Gasteiger partial charge in [-0.1, -0.05) is 48.0 Å². The van der Waals surface area contributed by atoms with Gasteiger partial charge in [0.2, 0.25) is 5.91 Å². The van der Waals surface area contributed by atoms with Gasteiger partial charge >= 0.3 is 0 Å². The molecule has 0 radical (unpaired) electrons. The number of likely N-dealkylation sites (tertiary alicyclic amines) is 1. The maximum absolute atomic E-state index is 13.9. The van der Waals surface area contributed by atoms with Crippen LogP contribution in [0.1, 0.15) is 24.0 Å². The highest BCUT2D eigenvalue weighted by Gasteiger charge is 2.54. The number of carbonyl (C=O) groups excluding carboxylic acids is 1. The number of aliphatic hydroxyl groups is 1. The van der Waals surface area contributed by atoms with E-state index in [1.54, 1.807) is 4.90 Å². The smallest absolute Gasteiger partial charge is 0.240 e. The summed E-state index contributed by atoms with van der Waals surface area (Å²) < 4.78 is 5.42. The summed E-state index contributed by atoms with van der Waals surface area (Å²) in [4.78, 5) is 20.0. The van der Waals surface area contributed by atoms with Gasteiger partial charge in [-0.05, 0) is 43.6 Å². The van der Waals surface area contributed by atoms with Crippen molar-refractivity contribution in [1.82, 2.24) is 9.80 Å². The predicted molar refractivity (Wildman–Crippen MR) is 125 cm³/mol. The molecule has 0 saturated carbocycles. The minimum absolute atomic E-state index is 0.0132. The molecule has 1 unspecified atom stereocenters. The van der Waals surface area contributed by atoms with Gasteiger partial charge in [-0.2, -0.15) is 0 Å². The van der Waals surface area contributed by atoms with Gasteiger partial charge in [-0.25, -0.2) is 0 Å². The Bertz CT molecular complexity index is 956. The zero-order chi connectivity index (χ0) is 22.1. The molecule has 0 aliphatic carbocycles. The van der Waals surface area contributed by atoms with Crippen LogP contribution in [0.2, 0.25) is 5.02 Å². The number of nitrogens with zero attached hydrogens (tertiary/aromatic N) is 3. The molecule has 1 amide bonds. The Balaban J connectivity index is 1.37. The lowest BCUT2D eigenvalue weighted by Crippen LogP contribution is -2.53. The Kier molecular flexibility index (Phi) is 6.23. The number of β-amino-alcohol motifs (C(OH)–C–C–N with tert-alkyl or cyclic N) is 1. The largest absolute Gasteiger partial charge is 0.379 e. The summed E-state index contributed by atoms with van der Waals surface area (Å²) in [6.45, 7) is 5.77. The number of aliphatic hydroxyl groups excluding tert-OH is 1. The van der Waals surface area contributed by atoms with Gasteiger partial charge in [0.15, 0.2) is 0 Å². The summed E-state index contributed by atoms with van der Waals surface area (Å²) in [5.74, 6) is -0.0132. The summed E-state index contributed by atoms with van der Waals surface area (Å²) >= 11 is 6.68. The number of rotatable bonds is 5. The van der Waals surface area contributed by atoms with Crippen LogP contribution in [0.15, 0.2) is 48.5 Å². The van der Waals surface area contributed by atoms with Gasteiger partial charge in [-0.15, -0.1) is 0 Å². The highest BCUT2D eigenvalue weighted by molar-refractivity contribution is 6.33. The molecule has 2 aromatic carbocycles. The second-order valence-corrected chi connectivity index (χ2v) is 9.45. The van der Waals surface area contributed by atoms with E-state index in [1.165, 1.54) is 5.56 Å². The number of halogens is 1. The summed E-state index contributed by atoms with van der Waals surface area (Å²) in [7, 11) is 0. The highest BCUT2D eigenvalue weighted by Crippen LogP contribution is 2.51. The molecular formula is C25H30ClN3O3. The van der Waals surface area contributed by atoms with Crippen LogP contribution in [0, 0.1) is 0 Å². The average molecular weight is 456 g/mol. The van der Waals surface area contributed by atoms with Gasteiger partial charge < -0.3 is 9.84 Å². The molecule has 1 spiro atoms. The molecule has 2 saturated heterocycles. The number of hydrogen-bond donors (Lipinski definition) is 1. The first kappa shape index (κ1) is 21.9. The SMILES string of the molecule is O=C1N(C(O)CN2CCOCC2)c2cccc(Cl)c2C12CCN(Cc1ccccc1)CC2. The van der Waals surface area contributed by atoms with E-state index in [-0.39, 0.29) is 5.91 Å². The van der Waals surface area contributed by atoms with E-state index in [0.29, 0.717) is 37.6 Å². The predicted octanol–water partition coefficient (Wildman–Crippen LogP) is 2.87. The maximum Gasteiger partial charge on any atom is 0.240 e. The first-order valence-electron chi connectivity index (χ1n) is 11.5. The first-order chi connectivity index (χ1) is 15.6. The van der Waals surface area contributed by atoms with E-state index in [2.05, 4.69) is 34.1 Å². The summed E-state index contributed by atoms with van der Waals surface area (Å²) in [6.07, 6.45) is 0.506. The Morgan fingerprint density at radius 2 is 1.69 bits per heavy atom. The van der Waals surface area contributed by atoms with Crippen LogP contribution in [0.3, 0.4) is 0 Å². The topological polar surface area (TPSA) is 56.3 Å². The average Bonchev–Trinajstić information content (AvgIpc) is 3.05. The quantitative estimate of drug-likeness (QED) is 0.751. The molecule has 2 fully saturated rings. The minimum Gasteiger partial charge on any atom is -0.379 e. The molecule has 5 rings (SSSR count). The van der Waals surface area contributed by atoms with Crippen LogP contribution in [0.25, 0.3) is 0 Å². The number of ether oxygens (including phenoxy) is 1. The lowest BCUT2D eigenvalue weighted by Gasteiger charge is -2.39. The second kappa shape index (κ2) is 9.12. The molecule has 170 valence electrons. The van der Waals surface area contributed by atoms with E-state index in [1.807, 2.05) is 24.3 Å². The normalized spacial score (nSPS) is 22.3. The van der Waals surface area contributed by atoms with Gasteiger partial charge in [0.1, 0.15) is 6.23 Å². The van der Waals surface area contributed by atoms with Crippen LogP contribution in [0.4, 0.5) is 5.69 Å². The third kappa shape index (κ3) is 3.95. The van der Waals surface area contributed by atoms with Crippen molar-refractivity contribution < 1.29 is 14.6 Å². The van der Waals surface area contributed by atoms with Crippen molar-refractivity contribution in [2.45, 2.75) is 31.0 Å². The fraction of sp³-hybridized carbons (Fsp3) is 0.480. The van der Waals surface area contributed by atoms with Crippen LogP contribution in [-0.2, 0) is 21.5 Å². The van der Waals surface area contributed by atoms with Crippen LogP contribution < -0.4 is 4.90 Å². The minimum atomic E-state index is -0.903. The number of amides is 1. The fourth-order valence-corrected chi connectivity index (χ4v) is 5.78. The molecule has 0 aromatic heterocycles. The molecule has 3 aliphatic heterocycles. The number of benzene rings is 2. The van der Waals surface area contributed by atoms with E-state index in [0.717, 1.165) is 44.0 Å². The number of fused-ring (bicyclic) bond motifs is 2. The van der Waals surface area contributed by atoms with E-state index >= 15 is 0 Å². The molecule has 7 heteroatoms. The maximum atomic E-state index is 13.9. The Labute approximate surface area is 194 Å². The number of hydrogen-bond acceptors (Lipinski definition) is 5. The summed E-state index contributed by atoms with van der Waals surface area (Å²) in [5, 5.41) is 11.8. The van der Waals surface area contributed by atoms with Crippen molar-refractivity contribution in [2.75, 3.05) is 50.8 Å². The molecule has 32 heavy (non-hydrogen) atoms. The Morgan fingerprint density at radius 1 is 0.969 bits per heavy atom. The third-order valence-corrected chi connectivity index (χ3v) is 7.45. The molecular weight excluding hydrogens is 426 g/mol. The second-order valence-electron chi connectivity index (χ2n) is 9.05. The standard InChI is InChI=1S/C25H30ClN3O3/c26-20-7-4-8-21-23(20)25(9-11-27(12-10-25)17-19-5-2-1-3-6-19)24(31)29(21)22(30)18-28-13-15-32-16-14-28/h1-8,22,30H,9-18H2.